The molecule has 0 aromatic carbocycles. The van der Waals surface area contributed by atoms with Crippen LogP contribution in [0, 0.1) is 0 Å². The highest BCUT2D eigenvalue weighted by Crippen LogP contribution is 2.26. The Labute approximate surface area is 128 Å². The number of halogens is 2. The number of nitrogens with one attached hydrogen (secondary N) is 2. The third-order valence-corrected chi connectivity index (χ3v) is 4.23. The second-order valence-electron chi connectivity index (χ2n) is 4.33. The van der Waals surface area contributed by atoms with Crippen molar-refractivity contribution < 1.29 is 9.53 Å². The maximum atomic E-state index is 11.9. The number of hydrogen-bond donors (Lipinski definition) is 2. The first-order valence-electron chi connectivity index (χ1n) is 6.02. The molecule has 108 valence electrons. The maximum absolute atomic E-state index is 11.9. The lowest BCUT2D eigenvalue weighted by molar-refractivity contribution is -0.125. The Balaban J connectivity index is 0.00000180. The minimum atomic E-state index is -0.0159. The number of carbonyl (C=O) groups excluding carboxylic acids is 1. The average molecular weight is 325 g/mol. The van der Waals surface area contributed by atoms with Crippen molar-refractivity contribution in [1.29, 1.82) is 0 Å². The molecule has 2 unspecified atom stereocenters. The minimum absolute atomic E-state index is 0. The van der Waals surface area contributed by atoms with E-state index in [0.29, 0.717) is 13.0 Å². The van der Waals surface area contributed by atoms with E-state index in [2.05, 4.69) is 10.6 Å². The fourth-order valence-corrected chi connectivity index (χ4v) is 2.95. The van der Waals surface area contributed by atoms with Crippen molar-refractivity contribution in [2.24, 2.45) is 0 Å². The summed E-state index contributed by atoms with van der Waals surface area (Å²) in [4.78, 5) is 12.9. The Morgan fingerprint density at radius 3 is 3.05 bits per heavy atom. The summed E-state index contributed by atoms with van der Waals surface area (Å²) < 4.78 is 6.24. The zero-order valence-electron chi connectivity index (χ0n) is 10.6. The fourth-order valence-electron chi connectivity index (χ4n) is 1.89. The summed E-state index contributed by atoms with van der Waals surface area (Å²) >= 11 is 7.37. The van der Waals surface area contributed by atoms with E-state index < -0.39 is 0 Å². The second kappa shape index (κ2) is 8.07. The van der Waals surface area contributed by atoms with Gasteiger partial charge in [0.25, 0.3) is 0 Å². The molecule has 0 bridgehead atoms. The molecule has 19 heavy (non-hydrogen) atoms. The molecule has 2 rings (SSSR count). The Morgan fingerprint density at radius 1 is 1.68 bits per heavy atom. The van der Waals surface area contributed by atoms with E-state index in [0.717, 1.165) is 22.3 Å². The fraction of sp³-hybridized carbons (Fsp3) is 0.583. The molecule has 1 aliphatic heterocycles. The van der Waals surface area contributed by atoms with E-state index in [9.17, 15) is 4.79 Å². The summed E-state index contributed by atoms with van der Waals surface area (Å²) in [6.45, 7) is 4.24. The molecule has 1 saturated heterocycles. The van der Waals surface area contributed by atoms with E-state index in [-0.39, 0.29) is 30.5 Å². The quantitative estimate of drug-likeness (QED) is 0.894. The zero-order chi connectivity index (χ0) is 13.0. The van der Waals surface area contributed by atoms with E-state index in [1.807, 2.05) is 19.1 Å². The summed E-state index contributed by atoms with van der Waals surface area (Å²) in [5.74, 6) is 0.0146. The van der Waals surface area contributed by atoms with Crippen molar-refractivity contribution in [1.82, 2.24) is 10.6 Å². The van der Waals surface area contributed by atoms with Gasteiger partial charge < -0.3 is 15.4 Å². The molecule has 1 fully saturated rings. The predicted molar refractivity (Wildman–Crippen MR) is 80.4 cm³/mol. The van der Waals surface area contributed by atoms with Crippen LogP contribution in [0.25, 0.3) is 0 Å². The predicted octanol–water partition coefficient (Wildman–Crippen LogP) is 2.38. The monoisotopic (exact) mass is 324 g/mol. The van der Waals surface area contributed by atoms with Crippen molar-refractivity contribution >= 4 is 41.3 Å². The largest absolute Gasteiger partial charge is 0.375 e. The molecule has 2 atom stereocenters. The molecule has 1 aromatic heterocycles. The highest BCUT2D eigenvalue weighted by atomic mass is 35.5. The Bertz CT molecular complexity index is 408. The van der Waals surface area contributed by atoms with E-state index in [1.165, 1.54) is 11.3 Å². The van der Waals surface area contributed by atoms with Gasteiger partial charge in [0.2, 0.25) is 5.91 Å². The number of hydrogen-bond acceptors (Lipinski definition) is 4. The summed E-state index contributed by atoms with van der Waals surface area (Å²) in [6, 6.07) is 3.78. The Hall–Kier alpha value is -0.330. The van der Waals surface area contributed by atoms with Crippen LogP contribution in [0.3, 0.4) is 0 Å². The van der Waals surface area contributed by atoms with Crippen molar-refractivity contribution in [2.45, 2.75) is 25.5 Å². The van der Waals surface area contributed by atoms with E-state index in [4.69, 9.17) is 16.3 Å². The molecule has 0 aliphatic carbocycles. The molecule has 0 spiro atoms. The summed E-state index contributed by atoms with van der Waals surface area (Å²) in [7, 11) is 0. The van der Waals surface area contributed by atoms with Crippen LogP contribution in [0.5, 0.6) is 0 Å². The van der Waals surface area contributed by atoms with Crippen LogP contribution >= 0.6 is 35.3 Å². The van der Waals surface area contributed by atoms with Crippen LogP contribution in [-0.2, 0) is 9.53 Å². The highest BCUT2D eigenvalue weighted by Gasteiger charge is 2.19. The Morgan fingerprint density at radius 2 is 2.47 bits per heavy atom. The van der Waals surface area contributed by atoms with Gasteiger partial charge in [0.05, 0.1) is 29.5 Å². The number of ether oxygens (including phenoxy) is 1. The van der Waals surface area contributed by atoms with Gasteiger partial charge in [-0.2, -0.15) is 0 Å². The third kappa shape index (κ3) is 5.28. The van der Waals surface area contributed by atoms with E-state index in [1.54, 1.807) is 0 Å². The van der Waals surface area contributed by atoms with Crippen LogP contribution in [0.4, 0.5) is 0 Å². The van der Waals surface area contributed by atoms with Crippen molar-refractivity contribution in [2.75, 3.05) is 19.7 Å². The third-order valence-electron chi connectivity index (χ3n) is 2.82. The lowest BCUT2D eigenvalue weighted by Crippen LogP contribution is -2.41. The second-order valence-corrected chi connectivity index (χ2v) is 6.08. The number of amides is 1. The van der Waals surface area contributed by atoms with E-state index >= 15 is 0 Å². The summed E-state index contributed by atoms with van der Waals surface area (Å²) in [5, 5.41) is 6.17. The van der Waals surface area contributed by atoms with Gasteiger partial charge in [-0.05, 0) is 19.1 Å². The zero-order valence-corrected chi connectivity index (χ0v) is 13.0. The number of rotatable bonds is 4. The van der Waals surface area contributed by atoms with Gasteiger partial charge >= 0.3 is 0 Å². The molecular weight excluding hydrogens is 307 g/mol. The van der Waals surface area contributed by atoms with Gasteiger partial charge in [-0.15, -0.1) is 23.7 Å². The minimum Gasteiger partial charge on any atom is -0.375 e. The van der Waals surface area contributed by atoms with Crippen LogP contribution in [0.1, 0.15) is 24.3 Å². The molecule has 1 amide bonds. The molecule has 0 radical (unpaired) electrons. The lowest BCUT2D eigenvalue weighted by atomic mass is 10.2. The number of morpholine rings is 1. The molecule has 1 aromatic rings. The normalized spacial score (nSPS) is 20.4. The van der Waals surface area contributed by atoms with Crippen molar-refractivity contribution in [3.8, 4) is 0 Å². The van der Waals surface area contributed by atoms with Crippen molar-refractivity contribution in [3.05, 3.63) is 21.3 Å². The van der Waals surface area contributed by atoms with Crippen LogP contribution in [0.15, 0.2) is 12.1 Å². The Kier molecular flexibility index (Phi) is 7.10. The summed E-state index contributed by atoms with van der Waals surface area (Å²) in [6.07, 6.45) is 0.383. The van der Waals surface area contributed by atoms with Crippen molar-refractivity contribution in [3.63, 3.8) is 0 Å². The van der Waals surface area contributed by atoms with Gasteiger partial charge in [0, 0.05) is 18.0 Å². The average Bonchev–Trinajstić information content (AvgIpc) is 2.77. The molecule has 4 nitrogen and oxygen atoms in total. The highest BCUT2D eigenvalue weighted by molar-refractivity contribution is 7.16. The molecule has 2 heterocycles. The van der Waals surface area contributed by atoms with Gasteiger partial charge in [-0.3, -0.25) is 4.79 Å². The van der Waals surface area contributed by atoms with Gasteiger partial charge in [-0.25, -0.2) is 0 Å². The molecule has 0 saturated carbocycles. The number of thiophene rings is 1. The lowest BCUT2D eigenvalue weighted by Gasteiger charge is -2.23. The molecule has 7 heteroatoms. The standard InChI is InChI=1S/C12H17ClN2O2S.ClH/c1-8(10-2-3-11(13)18-10)15-12(16)6-9-7-14-4-5-17-9;/h2-3,8-9,14H,4-7H2,1H3,(H,15,16);1H. The van der Waals surface area contributed by atoms with Crippen LogP contribution < -0.4 is 10.6 Å². The molecule has 1 aliphatic rings. The van der Waals surface area contributed by atoms with Gasteiger partial charge in [-0.1, -0.05) is 11.6 Å². The molecular formula is C12H18Cl2N2O2S. The van der Waals surface area contributed by atoms with Crippen LogP contribution in [0.2, 0.25) is 4.34 Å². The first-order valence-corrected chi connectivity index (χ1v) is 7.21. The van der Waals surface area contributed by atoms with Crippen LogP contribution in [-0.4, -0.2) is 31.7 Å². The van der Waals surface area contributed by atoms with Gasteiger partial charge in [0.1, 0.15) is 0 Å². The first kappa shape index (κ1) is 16.7. The molecule has 2 N–H and O–H groups in total. The topological polar surface area (TPSA) is 50.4 Å². The smallest absolute Gasteiger partial charge is 0.223 e. The maximum Gasteiger partial charge on any atom is 0.223 e. The van der Waals surface area contributed by atoms with Gasteiger partial charge in [0.15, 0.2) is 0 Å². The first-order chi connectivity index (χ1) is 8.65. The SMILES string of the molecule is CC(NC(=O)CC1CNCCO1)c1ccc(Cl)s1.Cl. The summed E-state index contributed by atoms with van der Waals surface area (Å²) in [5.41, 5.74) is 0. The number of carbonyl (C=O) groups is 1.